The lowest BCUT2D eigenvalue weighted by Crippen LogP contribution is -2.43. The topological polar surface area (TPSA) is 32.8 Å². The lowest BCUT2D eigenvalue weighted by molar-refractivity contribution is -0.0599. The number of amides is 1. The molecule has 1 aromatic carbocycles. The summed E-state index contributed by atoms with van der Waals surface area (Å²) in [7, 11) is 2.17. The van der Waals surface area contributed by atoms with Gasteiger partial charge in [0.15, 0.2) is 0 Å². The second-order valence-electron chi connectivity index (χ2n) is 6.50. The van der Waals surface area contributed by atoms with E-state index in [-0.39, 0.29) is 5.91 Å². The Kier molecular flexibility index (Phi) is 5.11. The summed E-state index contributed by atoms with van der Waals surface area (Å²) in [4.78, 5) is 16.7. The second kappa shape index (κ2) is 7.25. The largest absolute Gasteiger partial charge is 0.375 e. The van der Waals surface area contributed by atoms with Gasteiger partial charge in [0.1, 0.15) is 0 Å². The number of nitrogens with zero attached hydrogens (tertiary/aromatic N) is 2. The van der Waals surface area contributed by atoms with Crippen molar-refractivity contribution in [2.24, 2.45) is 0 Å². The molecule has 2 fully saturated rings. The average Bonchev–Trinajstić information content (AvgIpc) is 2.58. The molecule has 1 amide bonds. The summed E-state index contributed by atoms with van der Waals surface area (Å²) in [5, 5.41) is 0. The van der Waals surface area contributed by atoms with E-state index < -0.39 is 0 Å². The fourth-order valence-electron chi connectivity index (χ4n) is 3.35. The molecule has 0 N–H and O–H groups in total. The molecule has 0 saturated carbocycles. The van der Waals surface area contributed by atoms with E-state index in [1.165, 1.54) is 0 Å². The molecule has 4 nitrogen and oxygen atoms in total. The third-order valence-corrected chi connectivity index (χ3v) is 4.80. The maximum absolute atomic E-state index is 12.4. The quantitative estimate of drug-likeness (QED) is 0.859. The molecule has 2 heterocycles. The Balaban J connectivity index is 1.45. The molecule has 0 aromatic heterocycles. The molecule has 2 saturated heterocycles. The van der Waals surface area contributed by atoms with E-state index in [1.807, 2.05) is 35.2 Å². The molecule has 1 aromatic rings. The molecule has 22 heavy (non-hydrogen) atoms. The second-order valence-corrected chi connectivity index (χ2v) is 6.50. The van der Waals surface area contributed by atoms with Gasteiger partial charge >= 0.3 is 0 Å². The molecule has 0 bridgehead atoms. The molecule has 2 aliphatic heterocycles. The van der Waals surface area contributed by atoms with Gasteiger partial charge in [-0.2, -0.15) is 0 Å². The molecule has 2 aliphatic rings. The molecule has 3 rings (SSSR count). The first-order valence-electron chi connectivity index (χ1n) is 8.40. The number of hydrogen-bond donors (Lipinski definition) is 0. The van der Waals surface area contributed by atoms with Crippen molar-refractivity contribution < 1.29 is 9.53 Å². The minimum Gasteiger partial charge on any atom is -0.375 e. The summed E-state index contributed by atoms with van der Waals surface area (Å²) in [6, 6.07) is 9.57. The highest BCUT2D eigenvalue weighted by atomic mass is 16.5. The van der Waals surface area contributed by atoms with Gasteiger partial charge in [0.05, 0.1) is 12.2 Å². The number of rotatable bonds is 3. The van der Waals surface area contributed by atoms with Gasteiger partial charge in [-0.3, -0.25) is 4.79 Å². The first kappa shape index (κ1) is 15.5. The fourth-order valence-corrected chi connectivity index (χ4v) is 3.35. The molecule has 0 aliphatic carbocycles. The van der Waals surface area contributed by atoms with Crippen molar-refractivity contribution in [3.8, 4) is 0 Å². The van der Waals surface area contributed by atoms with Crippen LogP contribution in [0, 0.1) is 0 Å². The first-order chi connectivity index (χ1) is 10.7. The Hall–Kier alpha value is -1.39. The van der Waals surface area contributed by atoms with Gasteiger partial charge in [-0.05, 0) is 44.9 Å². The van der Waals surface area contributed by atoms with E-state index >= 15 is 0 Å². The van der Waals surface area contributed by atoms with Crippen LogP contribution in [0.3, 0.4) is 0 Å². The lowest BCUT2D eigenvalue weighted by Gasteiger charge is -2.36. The van der Waals surface area contributed by atoms with Crippen LogP contribution < -0.4 is 0 Å². The monoisotopic (exact) mass is 302 g/mol. The van der Waals surface area contributed by atoms with Crippen molar-refractivity contribution in [2.45, 2.75) is 37.9 Å². The number of carbonyl (C=O) groups is 1. The van der Waals surface area contributed by atoms with Crippen LogP contribution in [0.1, 0.15) is 36.0 Å². The van der Waals surface area contributed by atoms with Crippen LogP contribution in [0.2, 0.25) is 0 Å². The summed E-state index contributed by atoms with van der Waals surface area (Å²) >= 11 is 0. The number of piperidine rings is 2. The molecule has 0 unspecified atom stereocenters. The van der Waals surface area contributed by atoms with Crippen molar-refractivity contribution >= 4 is 5.91 Å². The van der Waals surface area contributed by atoms with Gasteiger partial charge in [-0.25, -0.2) is 0 Å². The van der Waals surface area contributed by atoms with Crippen LogP contribution in [0.15, 0.2) is 30.3 Å². The molecule has 0 spiro atoms. The van der Waals surface area contributed by atoms with E-state index in [1.54, 1.807) is 0 Å². The van der Waals surface area contributed by atoms with Crippen LogP contribution in [-0.4, -0.2) is 61.1 Å². The normalized spacial score (nSPS) is 22.0. The molecular formula is C18H26N2O2. The van der Waals surface area contributed by atoms with Gasteiger partial charge in [0, 0.05) is 31.7 Å². The van der Waals surface area contributed by atoms with Crippen molar-refractivity contribution in [1.82, 2.24) is 9.80 Å². The predicted molar refractivity (Wildman–Crippen MR) is 87.0 cm³/mol. The van der Waals surface area contributed by atoms with Crippen molar-refractivity contribution in [3.63, 3.8) is 0 Å². The average molecular weight is 302 g/mol. The van der Waals surface area contributed by atoms with Gasteiger partial charge in [0.25, 0.3) is 5.91 Å². The zero-order chi connectivity index (χ0) is 15.4. The van der Waals surface area contributed by atoms with E-state index in [9.17, 15) is 4.79 Å². The zero-order valence-corrected chi connectivity index (χ0v) is 13.4. The molecular weight excluding hydrogens is 276 g/mol. The summed E-state index contributed by atoms with van der Waals surface area (Å²) in [5.41, 5.74) is 0.789. The number of carbonyl (C=O) groups excluding carboxylic acids is 1. The number of ether oxygens (including phenoxy) is 1. The Bertz CT molecular complexity index is 475. The first-order valence-corrected chi connectivity index (χ1v) is 8.40. The molecule has 120 valence electrons. The fraction of sp³-hybridized carbons (Fsp3) is 0.611. The highest BCUT2D eigenvalue weighted by molar-refractivity contribution is 5.94. The summed E-state index contributed by atoms with van der Waals surface area (Å²) < 4.78 is 6.25. The van der Waals surface area contributed by atoms with Gasteiger partial charge < -0.3 is 14.5 Å². The smallest absolute Gasteiger partial charge is 0.253 e. The number of hydrogen-bond acceptors (Lipinski definition) is 3. The Morgan fingerprint density at radius 1 is 0.955 bits per heavy atom. The SMILES string of the molecule is CN1CCC(OC2CCN(C(=O)c3ccccc3)CC2)CC1. The number of benzene rings is 1. The third-order valence-electron chi connectivity index (χ3n) is 4.80. The van der Waals surface area contributed by atoms with Gasteiger partial charge in [-0.15, -0.1) is 0 Å². The predicted octanol–water partition coefficient (Wildman–Crippen LogP) is 2.40. The lowest BCUT2D eigenvalue weighted by atomic mass is 10.0. The van der Waals surface area contributed by atoms with Gasteiger partial charge in [-0.1, -0.05) is 18.2 Å². The highest BCUT2D eigenvalue weighted by Gasteiger charge is 2.27. The van der Waals surface area contributed by atoms with E-state index in [0.717, 1.165) is 57.4 Å². The van der Waals surface area contributed by atoms with Crippen LogP contribution in [-0.2, 0) is 4.74 Å². The van der Waals surface area contributed by atoms with Crippen LogP contribution in [0.4, 0.5) is 0 Å². The van der Waals surface area contributed by atoms with Crippen LogP contribution in [0.5, 0.6) is 0 Å². The minimum absolute atomic E-state index is 0.151. The minimum atomic E-state index is 0.151. The highest BCUT2D eigenvalue weighted by Crippen LogP contribution is 2.21. The molecule has 0 atom stereocenters. The zero-order valence-electron chi connectivity index (χ0n) is 13.4. The maximum atomic E-state index is 12.4. The third kappa shape index (κ3) is 3.87. The van der Waals surface area contributed by atoms with Gasteiger partial charge in [0.2, 0.25) is 0 Å². The molecule has 0 radical (unpaired) electrons. The van der Waals surface area contributed by atoms with Crippen LogP contribution in [0.25, 0.3) is 0 Å². The summed E-state index contributed by atoms with van der Waals surface area (Å²) in [6.07, 6.45) is 4.95. The summed E-state index contributed by atoms with van der Waals surface area (Å²) in [6.45, 7) is 3.89. The van der Waals surface area contributed by atoms with Crippen molar-refractivity contribution in [3.05, 3.63) is 35.9 Å². The van der Waals surface area contributed by atoms with E-state index in [4.69, 9.17) is 4.74 Å². The Morgan fingerprint density at radius 3 is 2.09 bits per heavy atom. The van der Waals surface area contributed by atoms with E-state index in [0.29, 0.717) is 12.2 Å². The van der Waals surface area contributed by atoms with Crippen molar-refractivity contribution in [1.29, 1.82) is 0 Å². The number of likely N-dealkylation sites (tertiary alicyclic amines) is 2. The van der Waals surface area contributed by atoms with E-state index in [2.05, 4.69) is 11.9 Å². The van der Waals surface area contributed by atoms with Crippen molar-refractivity contribution in [2.75, 3.05) is 33.2 Å². The standard InChI is InChI=1S/C18H26N2O2/c1-19-11-7-16(8-12-19)22-17-9-13-20(14-10-17)18(21)15-5-3-2-4-6-15/h2-6,16-17H,7-14H2,1H3. The maximum Gasteiger partial charge on any atom is 0.253 e. The summed E-state index contributed by atoms with van der Waals surface area (Å²) in [5.74, 6) is 0.151. The Labute approximate surface area is 133 Å². The Morgan fingerprint density at radius 2 is 1.50 bits per heavy atom. The molecule has 4 heteroatoms. The van der Waals surface area contributed by atoms with Crippen LogP contribution >= 0.6 is 0 Å².